The monoisotopic (exact) mass is 302 g/mol. The molecular weight excluding hydrogens is 288 g/mol. The van der Waals surface area contributed by atoms with Crippen molar-refractivity contribution in [1.82, 2.24) is 9.97 Å². The highest BCUT2D eigenvalue weighted by atomic mass is 16.3. The van der Waals surface area contributed by atoms with Gasteiger partial charge in [-0.2, -0.15) is 0 Å². The lowest BCUT2D eigenvalue weighted by Crippen LogP contribution is -2.15. The second-order valence-corrected chi connectivity index (χ2v) is 5.51. The number of aromatic amines is 1. The Morgan fingerprint density at radius 3 is 2.43 bits per heavy atom. The van der Waals surface area contributed by atoms with Gasteiger partial charge in [0.1, 0.15) is 11.4 Å². The van der Waals surface area contributed by atoms with Crippen LogP contribution in [0, 0.1) is 0 Å². The van der Waals surface area contributed by atoms with Gasteiger partial charge in [-0.05, 0) is 5.56 Å². The molecule has 0 radical (unpaired) electrons. The highest BCUT2D eigenvalue weighted by molar-refractivity contribution is 6.06. The second-order valence-electron chi connectivity index (χ2n) is 5.51. The zero-order chi connectivity index (χ0) is 15.8. The van der Waals surface area contributed by atoms with Gasteiger partial charge in [-0.25, -0.2) is 4.98 Å². The number of H-pyrrole nitrogens is 1. The lowest BCUT2D eigenvalue weighted by molar-refractivity contribution is 0.482. The number of benzene rings is 3. The maximum absolute atomic E-state index is 12.3. The van der Waals surface area contributed by atoms with Crippen LogP contribution in [0.25, 0.3) is 21.8 Å². The van der Waals surface area contributed by atoms with Crippen molar-refractivity contribution < 1.29 is 5.11 Å². The molecule has 4 aromatic rings. The van der Waals surface area contributed by atoms with Crippen molar-refractivity contribution in [3.05, 3.63) is 82.3 Å². The van der Waals surface area contributed by atoms with E-state index in [4.69, 9.17) is 0 Å². The largest absolute Gasteiger partial charge is 0.507 e. The number of aromatic nitrogens is 2. The molecule has 0 unspecified atom stereocenters. The van der Waals surface area contributed by atoms with Gasteiger partial charge in [-0.3, -0.25) is 4.79 Å². The van der Waals surface area contributed by atoms with Crippen molar-refractivity contribution in [2.75, 3.05) is 0 Å². The van der Waals surface area contributed by atoms with Gasteiger partial charge in [0, 0.05) is 23.3 Å². The van der Waals surface area contributed by atoms with E-state index < -0.39 is 0 Å². The summed E-state index contributed by atoms with van der Waals surface area (Å²) in [6, 6.07) is 18.8. The molecule has 1 heterocycles. The Kier molecular flexibility index (Phi) is 3.08. The number of nitrogens with one attached hydrogen (secondary N) is 1. The van der Waals surface area contributed by atoms with E-state index in [1.165, 1.54) is 0 Å². The van der Waals surface area contributed by atoms with Crippen LogP contribution in [0.3, 0.4) is 0 Å². The number of aromatic hydroxyl groups is 1. The lowest BCUT2D eigenvalue weighted by Gasteiger charge is -2.07. The predicted octanol–water partition coefficient (Wildman–Crippen LogP) is 3.37. The van der Waals surface area contributed by atoms with Gasteiger partial charge in [0.15, 0.2) is 0 Å². The van der Waals surface area contributed by atoms with Gasteiger partial charge in [-0.15, -0.1) is 0 Å². The van der Waals surface area contributed by atoms with Gasteiger partial charge in [-0.1, -0.05) is 54.6 Å². The minimum Gasteiger partial charge on any atom is -0.507 e. The number of phenols is 1. The molecule has 4 nitrogen and oxygen atoms in total. The number of hydrogen-bond acceptors (Lipinski definition) is 3. The first kappa shape index (κ1) is 13.5. The van der Waals surface area contributed by atoms with Crippen molar-refractivity contribution in [2.45, 2.75) is 6.42 Å². The summed E-state index contributed by atoms with van der Waals surface area (Å²) < 4.78 is 0. The predicted molar refractivity (Wildman–Crippen MR) is 90.8 cm³/mol. The van der Waals surface area contributed by atoms with Crippen LogP contribution < -0.4 is 5.56 Å². The number of rotatable bonds is 2. The van der Waals surface area contributed by atoms with E-state index in [0.717, 1.165) is 16.3 Å². The molecule has 3 aromatic carbocycles. The van der Waals surface area contributed by atoms with Crippen LogP contribution in [-0.2, 0) is 6.42 Å². The smallest absolute Gasteiger partial charge is 0.270 e. The SMILES string of the molecule is O=c1[nH]c2cc(O)c3ccccc3c2nc1Cc1ccccc1. The van der Waals surface area contributed by atoms with Crippen molar-refractivity contribution in [1.29, 1.82) is 0 Å². The standard InChI is InChI=1S/C19H14N2O2/c22-17-11-15-18(14-9-5-4-8-13(14)17)20-16(19(23)21-15)10-12-6-2-1-3-7-12/h1-9,11,22H,10H2,(H,21,23). The first-order valence-electron chi connectivity index (χ1n) is 7.40. The average molecular weight is 302 g/mol. The molecule has 112 valence electrons. The Morgan fingerprint density at radius 2 is 1.65 bits per heavy atom. The highest BCUT2D eigenvalue weighted by Crippen LogP contribution is 2.30. The Hall–Kier alpha value is -3.14. The van der Waals surface area contributed by atoms with E-state index in [0.29, 0.717) is 23.1 Å². The average Bonchev–Trinajstić information content (AvgIpc) is 2.57. The molecule has 23 heavy (non-hydrogen) atoms. The quantitative estimate of drug-likeness (QED) is 0.558. The van der Waals surface area contributed by atoms with Crippen molar-refractivity contribution in [2.24, 2.45) is 0 Å². The Morgan fingerprint density at radius 1 is 0.957 bits per heavy atom. The van der Waals surface area contributed by atoms with Crippen LogP contribution in [-0.4, -0.2) is 15.1 Å². The first-order valence-corrected chi connectivity index (χ1v) is 7.40. The molecule has 0 aliphatic heterocycles. The molecule has 0 spiro atoms. The van der Waals surface area contributed by atoms with Crippen LogP contribution in [0.5, 0.6) is 5.75 Å². The Bertz CT molecular complexity index is 1070. The molecule has 4 rings (SSSR count). The van der Waals surface area contributed by atoms with Gasteiger partial charge >= 0.3 is 0 Å². The molecule has 0 saturated heterocycles. The third-order valence-corrected chi connectivity index (χ3v) is 3.97. The van der Waals surface area contributed by atoms with E-state index >= 15 is 0 Å². The fourth-order valence-electron chi connectivity index (χ4n) is 2.85. The third kappa shape index (κ3) is 2.34. The van der Waals surface area contributed by atoms with Gasteiger partial charge in [0.05, 0.1) is 11.0 Å². The molecule has 0 saturated carbocycles. The zero-order valence-electron chi connectivity index (χ0n) is 12.3. The summed E-state index contributed by atoms with van der Waals surface area (Å²) in [5, 5.41) is 11.7. The maximum atomic E-state index is 12.3. The number of fused-ring (bicyclic) bond motifs is 3. The van der Waals surface area contributed by atoms with E-state index in [1.807, 2.05) is 54.6 Å². The second kappa shape index (κ2) is 5.25. The summed E-state index contributed by atoms with van der Waals surface area (Å²) in [7, 11) is 0. The molecule has 0 bridgehead atoms. The highest BCUT2D eigenvalue weighted by Gasteiger charge is 2.11. The molecule has 0 fully saturated rings. The molecule has 0 amide bonds. The summed E-state index contributed by atoms with van der Waals surface area (Å²) in [6.45, 7) is 0. The van der Waals surface area contributed by atoms with Crippen LogP contribution in [0.1, 0.15) is 11.3 Å². The van der Waals surface area contributed by atoms with E-state index in [1.54, 1.807) is 6.07 Å². The lowest BCUT2D eigenvalue weighted by atomic mass is 10.1. The van der Waals surface area contributed by atoms with Crippen molar-refractivity contribution in [3.8, 4) is 5.75 Å². The minimum atomic E-state index is -0.226. The third-order valence-electron chi connectivity index (χ3n) is 3.97. The Balaban J connectivity index is 1.97. The van der Waals surface area contributed by atoms with Gasteiger partial charge < -0.3 is 10.1 Å². The van der Waals surface area contributed by atoms with E-state index in [-0.39, 0.29) is 11.3 Å². The number of phenolic OH excluding ortho intramolecular Hbond substituents is 1. The van der Waals surface area contributed by atoms with Crippen LogP contribution >= 0.6 is 0 Å². The molecule has 0 atom stereocenters. The summed E-state index contributed by atoms with van der Waals surface area (Å²) in [4.78, 5) is 19.7. The first-order chi connectivity index (χ1) is 11.2. The fourth-order valence-corrected chi connectivity index (χ4v) is 2.85. The molecule has 4 heteroatoms. The summed E-state index contributed by atoms with van der Waals surface area (Å²) >= 11 is 0. The number of hydrogen-bond donors (Lipinski definition) is 2. The Labute approximate surface area is 132 Å². The van der Waals surface area contributed by atoms with Gasteiger partial charge in [0.25, 0.3) is 5.56 Å². The summed E-state index contributed by atoms with van der Waals surface area (Å²) in [5.74, 6) is 0.140. The zero-order valence-corrected chi connectivity index (χ0v) is 12.3. The van der Waals surface area contributed by atoms with Crippen LogP contribution in [0.4, 0.5) is 0 Å². The molecule has 0 aliphatic rings. The van der Waals surface area contributed by atoms with E-state index in [9.17, 15) is 9.90 Å². The van der Waals surface area contributed by atoms with Crippen molar-refractivity contribution >= 4 is 21.8 Å². The summed E-state index contributed by atoms with van der Waals surface area (Å²) in [6.07, 6.45) is 0.474. The fraction of sp³-hybridized carbons (Fsp3) is 0.0526. The molecule has 0 aliphatic carbocycles. The van der Waals surface area contributed by atoms with E-state index in [2.05, 4.69) is 9.97 Å². The molecule has 1 aromatic heterocycles. The normalized spacial score (nSPS) is 11.1. The molecular formula is C19H14N2O2. The van der Waals surface area contributed by atoms with Crippen LogP contribution in [0.15, 0.2) is 65.5 Å². The molecule has 2 N–H and O–H groups in total. The topological polar surface area (TPSA) is 66.0 Å². The van der Waals surface area contributed by atoms with Gasteiger partial charge in [0.2, 0.25) is 0 Å². The maximum Gasteiger partial charge on any atom is 0.270 e. The van der Waals surface area contributed by atoms with Crippen LogP contribution in [0.2, 0.25) is 0 Å². The number of nitrogens with zero attached hydrogens (tertiary/aromatic N) is 1. The minimum absolute atomic E-state index is 0.140. The summed E-state index contributed by atoms with van der Waals surface area (Å²) in [5.41, 5.74) is 2.52. The van der Waals surface area contributed by atoms with Crippen molar-refractivity contribution in [3.63, 3.8) is 0 Å².